The Morgan fingerprint density at radius 3 is 3.00 bits per heavy atom. The van der Waals surface area contributed by atoms with Gasteiger partial charge in [0.15, 0.2) is 0 Å². The van der Waals surface area contributed by atoms with Crippen LogP contribution in [0.15, 0.2) is 11.4 Å². The van der Waals surface area contributed by atoms with E-state index in [-0.39, 0.29) is 6.04 Å². The maximum absolute atomic E-state index is 5.94. The quantitative estimate of drug-likeness (QED) is 0.603. The van der Waals surface area contributed by atoms with Crippen LogP contribution in [0, 0.1) is 12.3 Å². The third-order valence-electron chi connectivity index (χ3n) is 1.82. The van der Waals surface area contributed by atoms with Crippen molar-refractivity contribution in [2.45, 2.75) is 25.3 Å². The summed E-state index contributed by atoms with van der Waals surface area (Å²) >= 11 is 7.54. The van der Waals surface area contributed by atoms with Gasteiger partial charge < -0.3 is 5.73 Å². The number of hydrogen-bond donors (Lipinski definition) is 1. The lowest BCUT2D eigenvalue weighted by Crippen LogP contribution is -2.08. The maximum atomic E-state index is 5.94. The number of hydrogen-bond acceptors (Lipinski definition) is 2. The molecule has 0 saturated heterocycles. The summed E-state index contributed by atoms with van der Waals surface area (Å²) in [7, 11) is 0. The van der Waals surface area contributed by atoms with Crippen molar-refractivity contribution in [1.29, 1.82) is 0 Å². The average molecular weight is 214 g/mol. The van der Waals surface area contributed by atoms with Crippen LogP contribution in [0.25, 0.3) is 0 Å². The molecule has 1 aromatic rings. The van der Waals surface area contributed by atoms with Crippen LogP contribution >= 0.6 is 22.9 Å². The van der Waals surface area contributed by atoms with Gasteiger partial charge in [-0.1, -0.05) is 11.6 Å². The van der Waals surface area contributed by atoms with Crippen molar-refractivity contribution in [1.82, 2.24) is 0 Å². The van der Waals surface area contributed by atoms with Gasteiger partial charge in [0, 0.05) is 17.3 Å². The van der Waals surface area contributed by atoms with E-state index in [1.54, 1.807) is 11.3 Å². The summed E-state index contributed by atoms with van der Waals surface area (Å²) in [6, 6.07) is 1.92. The molecule has 0 aliphatic carbocycles. The standard InChI is InChI=1S/C10H12ClNS/c1-2-3-4-5-9(12)10-8(11)6-7-13-10/h1,6-7,9H,3-5,12H2. The minimum absolute atomic E-state index is 0.0425. The number of halogens is 1. The molecule has 1 heterocycles. The molecular weight excluding hydrogens is 202 g/mol. The molecule has 1 atom stereocenters. The van der Waals surface area contributed by atoms with Gasteiger partial charge >= 0.3 is 0 Å². The van der Waals surface area contributed by atoms with Gasteiger partial charge in [-0.3, -0.25) is 0 Å². The van der Waals surface area contributed by atoms with E-state index in [1.807, 2.05) is 11.4 Å². The van der Waals surface area contributed by atoms with Crippen LogP contribution in [0.5, 0.6) is 0 Å². The molecule has 0 aliphatic rings. The molecule has 0 fully saturated rings. The summed E-state index contributed by atoms with van der Waals surface area (Å²) in [6.45, 7) is 0. The Balaban J connectivity index is 2.45. The van der Waals surface area contributed by atoms with E-state index in [2.05, 4.69) is 5.92 Å². The second kappa shape index (κ2) is 5.29. The Kier molecular flexibility index (Phi) is 4.31. The first-order chi connectivity index (χ1) is 6.25. The fourth-order valence-electron chi connectivity index (χ4n) is 1.13. The summed E-state index contributed by atoms with van der Waals surface area (Å²) in [5.41, 5.74) is 5.94. The molecule has 1 unspecified atom stereocenters. The third-order valence-corrected chi connectivity index (χ3v) is 3.31. The molecule has 0 aliphatic heterocycles. The number of rotatable bonds is 4. The first kappa shape index (κ1) is 10.6. The van der Waals surface area contributed by atoms with Crippen molar-refractivity contribution in [3.05, 3.63) is 21.3 Å². The molecule has 1 nitrogen and oxygen atoms in total. The van der Waals surface area contributed by atoms with Crippen LogP contribution in [-0.2, 0) is 0 Å². The van der Waals surface area contributed by atoms with E-state index in [1.165, 1.54) is 0 Å². The molecule has 0 amide bonds. The molecule has 1 rings (SSSR count). The van der Waals surface area contributed by atoms with E-state index in [0.717, 1.165) is 29.2 Å². The largest absolute Gasteiger partial charge is 0.323 e. The lowest BCUT2D eigenvalue weighted by atomic mass is 10.1. The smallest absolute Gasteiger partial charge is 0.0561 e. The lowest BCUT2D eigenvalue weighted by Gasteiger charge is -2.08. The van der Waals surface area contributed by atoms with Gasteiger partial charge in [0.25, 0.3) is 0 Å². The molecule has 3 heteroatoms. The minimum Gasteiger partial charge on any atom is -0.323 e. The molecule has 0 radical (unpaired) electrons. The summed E-state index contributed by atoms with van der Waals surface area (Å²) in [5.74, 6) is 2.60. The van der Waals surface area contributed by atoms with Crippen LogP contribution < -0.4 is 5.73 Å². The summed E-state index contributed by atoms with van der Waals surface area (Å²) in [4.78, 5) is 1.07. The van der Waals surface area contributed by atoms with E-state index in [4.69, 9.17) is 23.8 Å². The fraction of sp³-hybridized carbons (Fsp3) is 0.400. The zero-order valence-electron chi connectivity index (χ0n) is 7.29. The van der Waals surface area contributed by atoms with Crippen LogP contribution in [0.4, 0.5) is 0 Å². The highest BCUT2D eigenvalue weighted by Crippen LogP contribution is 2.29. The van der Waals surface area contributed by atoms with Gasteiger partial charge in [0.2, 0.25) is 0 Å². The van der Waals surface area contributed by atoms with Gasteiger partial charge in [0.05, 0.1) is 5.02 Å². The molecule has 1 aromatic heterocycles. The van der Waals surface area contributed by atoms with E-state index >= 15 is 0 Å². The summed E-state index contributed by atoms with van der Waals surface area (Å²) in [6.07, 6.45) is 7.81. The van der Waals surface area contributed by atoms with Crippen molar-refractivity contribution in [2.75, 3.05) is 0 Å². The molecule has 0 saturated carbocycles. The first-order valence-corrected chi connectivity index (χ1v) is 5.43. The SMILES string of the molecule is C#CCCCC(N)c1sccc1Cl. The topological polar surface area (TPSA) is 26.0 Å². The summed E-state index contributed by atoms with van der Waals surface area (Å²) < 4.78 is 0. The second-order valence-corrected chi connectivity index (χ2v) is 4.19. The predicted molar refractivity (Wildman–Crippen MR) is 58.9 cm³/mol. The zero-order chi connectivity index (χ0) is 9.68. The van der Waals surface area contributed by atoms with Crippen molar-refractivity contribution in [3.63, 3.8) is 0 Å². The lowest BCUT2D eigenvalue weighted by molar-refractivity contribution is 0.630. The third kappa shape index (κ3) is 3.04. The molecule has 0 aromatic carbocycles. The Morgan fingerprint density at radius 1 is 1.69 bits per heavy atom. The van der Waals surface area contributed by atoms with Gasteiger partial charge in [-0.2, -0.15) is 0 Å². The Bertz CT molecular complexity index is 300. The maximum Gasteiger partial charge on any atom is 0.0561 e. The highest BCUT2D eigenvalue weighted by atomic mass is 35.5. The van der Waals surface area contributed by atoms with Gasteiger partial charge in [-0.15, -0.1) is 23.7 Å². The van der Waals surface area contributed by atoms with E-state index in [9.17, 15) is 0 Å². The Hall–Kier alpha value is -0.490. The molecule has 0 bridgehead atoms. The predicted octanol–water partition coefficient (Wildman–Crippen LogP) is 3.20. The van der Waals surface area contributed by atoms with E-state index in [0.29, 0.717) is 0 Å². The number of unbranched alkanes of at least 4 members (excludes halogenated alkanes) is 1. The Morgan fingerprint density at radius 2 is 2.46 bits per heavy atom. The fourth-order valence-corrected chi connectivity index (χ4v) is 2.36. The first-order valence-electron chi connectivity index (χ1n) is 4.17. The molecular formula is C10H12ClNS. The van der Waals surface area contributed by atoms with Crippen LogP contribution in [0.3, 0.4) is 0 Å². The van der Waals surface area contributed by atoms with E-state index < -0.39 is 0 Å². The molecule has 2 N–H and O–H groups in total. The number of nitrogens with two attached hydrogens (primary N) is 1. The molecule has 13 heavy (non-hydrogen) atoms. The highest BCUT2D eigenvalue weighted by Gasteiger charge is 2.10. The van der Waals surface area contributed by atoms with Crippen LogP contribution in [0.1, 0.15) is 30.2 Å². The van der Waals surface area contributed by atoms with Gasteiger partial charge in [0.1, 0.15) is 0 Å². The average Bonchev–Trinajstić information content (AvgIpc) is 2.52. The molecule has 0 spiro atoms. The van der Waals surface area contributed by atoms with Gasteiger partial charge in [-0.05, 0) is 24.3 Å². The summed E-state index contributed by atoms with van der Waals surface area (Å²) in [5, 5.41) is 2.73. The van der Waals surface area contributed by atoms with Crippen LogP contribution in [0.2, 0.25) is 5.02 Å². The number of thiophene rings is 1. The van der Waals surface area contributed by atoms with Crippen molar-refractivity contribution in [2.24, 2.45) is 5.73 Å². The van der Waals surface area contributed by atoms with Gasteiger partial charge in [-0.25, -0.2) is 0 Å². The van der Waals surface area contributed by atoms with Crippen LogP contribution in [-0.4, -0.2) is 0 Å². The van der Waals surface area contributed by atoms with Crippen molar-refractivity contribution < 1.29 is 0 Å². The second-order valence-electron chi connectivity index (χ2n) is 2.84. The minimum atomic E-state index is 0.0425. The highest BCUT2D eigenvalue weighted by molar-refractivity contribution is 7.10. The monoisotopic (exact) mass is 213 g/mol. The molecule has 70 valence electrons. The van der Waals surface area contributed by atoms with Crippen molar-refractivity contribution >= 4 is 22.9 Å². The van der Waals surface area contributed by atoms with Crippen molar-refractivity contribution in [3.8, 4) is 12.3 Å². The number of terminal acetylenes is 1. The Labute approximate surface area is 87.9 Å². The zero-order valence-corrected chi connectivity index (χ0v) is 8.87. The normalized spacial score (nSPS) is 12.4.